The summed E-state index contributed by atoms with van der Waals surface area (Å²) in [4.78, 5) is 24.3. The van der Waals surface area contributed by atoms with Crippen molar-refractivity contribution in [1.29, 1.82) is 0 Å². The van der Waals surface area contributed by atoms with Gasteiger partial charge in [0, 0.05) is 5.69 Å². The van der Waals surface area contributed by atoms with Crippen molar-refractivity contribution in [3.8, 4) is 0 Å². The average molecular weight is 233 g/mol. The molecule has 0 bridgehead atoms. The van der Waals surface area contributed by atoms with Crippen LogP contribution in [-0.4, -0.2) is 23.5 Å². The van der Waals surface area contributed by atoms with Gasteiger partial charge in [0.15, 0.2) is 0 Å². The molecule has 1 amide bonds. The summed E-state index contributed by atoms with van der Waals surface area (Å²) in [5.41, 5.74) is 2.05. The lowest BCUT2D eigenvalue weighted by Crippen LogP contribution is -2.39. The van der Waals surface area contributed by atoms with Crippen molar-refractivity contribution in [1.82, 2.24) is 0 Å². The zero-order chi connectivity index (χ0) is 12.8. The fourth-order valence-corrected chi connectivity index (χ4v) is 2.24. The molecule has 1 aromatic carbocycles. The summed E-state index contributed by atoms with van der Waals surface area (Å²) in [5, 5.41) is 8.85. The van der Waals surface area contributed by atoms with Gasteiger partial charge < -0.3 is 10.0 Å². The Hall–Kier alpha value is -1.84. The Labute approximate surface area is 99.9 Å². The monoisotopic (exact) mass is 233 g/mol. The van der Waals surface area contributed by atoms with Crippen LogP contribution in [0.25, 0.3) is 0 Å². The highest BCUT2D eigenvalue weighted by Gasteiger charge is 2.44. The standard InChI is InChI=1S/C13H15NO3/c1-8-4-5-10-9(6-8)13(2,3)12(17)14(10)7-11(15)16/h4-6H,7H2,1-3H3,(H,15,16). The van der Waals surface area contributed by atoms with Crippen molar-refractivity contribution in [3.05, 3.63) is 29.3 Å². The molecule has 0 spiro atoms. The van der Waals surface area contributed by atoms with Crippen molar-refractivity contribution in [2.24, 2.45) is 0 Å². The second kappa shape index (κ2) is 3.58. The molecule has 0 saturated heterocycles. The molecular weight excluding hydrogens is 218 g/mol. The number of nitrogens with zero attached hydrogens (tertiary/aromatic N) is 1. The molecule has 0 radical (unpaired) electrons. The third-order valence-corrected chi connectivity index (χ3v) is 3.19. The maximum Gasteiger partial charge on any atom is 0.323 e. The second-order valence-corrected chi connectivity index (χ2v) is 4.93. The number of carboxylic acids is 1. The van der Waals surface area contributed by atoms with Gasteiger partial charge in [-0.1, -0.05) is 17.7 Å². The number of carbonyl (C=O) groups is 2. The minimum atomic E-state index is -0.998. The molecule has 0 saturated carbocycles. The molecule has 0 unspecified atom stereocenters. The number of benzene rings is 1. The summed E-state index contributed by atoms with van der Waals surface area (Å²) in [6.07, 6.45) is 0. The average Bonchev–Trinajstić information content (AvgIpc) is 2.40. The highest BCUT2D eigenvalue weighted by atomic mass is 16.4. The molecule has 0 atom stereocenters. The van der Waals surface area contributed by atoms with Crippen LogP contribution >= 0.6 is 0 Å². The smallest absolute Gasteiger partial charge is 0.323 e. The predicted molar refractivity (Wildman–Crippen MR) is 64.2 cm³/mol. The molecule has 90 valence electrons. The first-order valence-corrected chi connectivity index (χ1v) is 5.49. The molecule has 1 heterocycles. The van der Waals surface area contributed by atoms with E-state index >= 15 is 0 Å². The maximum atomic E-state index is 12.2. The van der Waals surface area contributed by atoms with Gasteiger partial charge in [0.25, 0.3) is 0 Å². The van der Waals surface area contributed by atoms with Crippen molar-refractivity contribution in [2.45, 2.75) is 26.2 Å². The number of amides is 1. The number of carbonyl (C=O) groups excluding carboxylic acids is 1. The summed E-state index contributed by atoms with van der Waals surface area (Å²) in [5.74, 6) is -1.15. The molecule has 1 aromatic rings. The number of aliphatic carboxylic acids is 1. The van der Waals surface area contributed by atoms with Gasteiger partial charge >= 0.3 is 5.97 Å². The van der Waals surface area contributed by atoms with E-state index in [1.807, 2.05) is 39.0 Å². The Morgan fingerprint density at radius 1 is 1.41 bits per heavy atom. The van der Waals surface area contributed by atoms with Crippen LogP contribution in [0.1, 0.15) is 25.0 Å². The molecule has 1 aliphatic heterocycles. The fraction of sp³-hybridized carbons (Fsp3) is 0.385. The van der Waals surface area contributed by atoms with Crippen LogP contribution in [-0.2, 0) is 15.0 Å². The van der Waals surface area contributed by atoms with E-state index in [0.29, 0.717) is 5.69 Å². The zero-order valence-corrected chi connectivity index (χ0v) is 10.2. The summed E-state index contributed by atoms with van der Waals surface area (Å²) in [6, 6.07) is 5.66. The fourth-order valence-electron chi connectivity index (χ4n) is 2.24. The van der Waals surface area contributed by atoms with Crippen LogP contribution in [0.5, 0.6) is 0 Å². The van der Waals surface area contributed by atoms with E-state index in [0.717, 1.165) is 11.1 Å². The molecule has 4 heteroatoms. The number of rotatable bonds is 2. The Morgan fingerprint density at radius 3 is 2.65 bits per heavy atom. The first-order valence-electron chi connectivity index (χ1n) is 5.49. The molecule has 0 fully saturated rings. The van der Waals surface area contributed by atoms with Crippen molar-refractivity contribution >= 4 is 17.6 Å². The van der Waals surface area contributed by atoms with E-state index < -0.39 is 11.4 Å². The Morgan fingerprint density at radius 2 is 2.06 bits per heavy atom. The maximum absolute atomic E-state index is 12.2. The summed E-state index contributed by atoms with van der Waals surface area (Å²) in [6.45, 7) is 5.34. The van der Waals surface area contributed by atoms with Gasteiger partial charge in [-0.3, -0.25) is 9.59 Å². The third kappa shape index (κ3) is 1.69. The van der Waals surface area contributed by atoms with Crippen molar-refractivity contribution in [2.75, 3.05) is 11.4 Å². The summed E-state index contributed by atoms with van der Waals surface area (Å²) >= 11 is 0. The highest BCUT2D eigenvalue weighted by Crippen LogP contribution is 2.41. The molecule has 0 aliphatic carbocycles. The van der Waals surface area contributed by atoms with E-state index in [-0.39, 0.29) is 12.5 Å². The SMILES string of the molecule is Cc1ccc2c(c1)C(C)(C)C(=O)N2CC(=O)O. The van der Waals surface area contributed by atoms with Gasteiger partial charge in [0.05, 0.1) is 5.41 Å². The van der Waals surface area contributed by atoms with Crippen LogP contribution in [0, 0.1) is 6.92 Å². The second-order valence-electron chi connectivity index (χ2n) is 4.93. The van der Waals surface area contributed by atoms with E-state index in [1.165, 1.54) is 4.90 Å². The molecule has 1 aliphatic rings. The molecule has 1 N–H and O–H groups in total. The van der Waals surface area contributed by atoms with Gasteiger partial charge in [0.1, 0.15) is 6.54 Å². The lowest BCUT2D eigenvalue weighted by Gasteiger charge is -2.18. The Balaban J connectivity index is 2.55. The van der Waals surface area contributed by atoms with Gasteiger partial charge in [-0.25, -0.2) is 0 Å². The molecule has 2 rings (SSSR count). The summed E-state index contributed by atoms with van der Waals surface area (Å²) < 4.78 is 0. The number of hydrogen-bond acceptors (Lipinski definition) is 2. The van der Waals surface area contributed by atoms with Crippen molar-refractivity contribution < 1.29 is 14.7 Å². The van der Waals surface area contributed by atoms with Crippen LogP contribution < -0.4 is 4.90 Å². The number of anilines is 1. The normalized spacial score (nSPS) is 17.1. The number of hydrogen-bond donors (Lipinski definition) is 1. The van der Waals surface area contributed by atoms with E-state index in [2.05, 4.69) is 0 Å². The predicted octanol–water partition coefficient (Wildman–Crippen LogP) is 1.70. The van der Waals surface area contributed by atoms with Crippen LogP contribution in [0.2, 0.25) is 0 Å². The molecule has 17 heavy (non-hydrogen) atoms. The lowest BCUT2D eigenvalue weighted by molar-refractivity contribution is -0.137. The quantitative estimate of drug-likeness (QED) is 0.845. The molecular formula is C13H15NO3. The minimum absolute atomic E-state index is 0.152. The Bertz CT molecular complexity index is 505. The molecule has 0 aromatic heterocycles. The first-order chi connectivity index (χ1) is 7.84. The number of aryl methyl sites for hydroxylation is 1. The summed E-state index contributed by atoms with van der Waals surface area (Å²) in [7, 11) is 0. The third-order valence-electron chi connectivity index (χ3n) is 3.19. The van der Waals surface area contributed by atoms with Crippen LogP contribution in [0.4, 0.5) is 5.69 Å². The topological polar surface area (TPSA) is 57.6 Å². The van der Waals surface area contributed by atoms with Crippen LogP contribution in [0.3, 0.4) is 0 Å². The van der Waals surface area contributed by atoms with Gasteiger partial charge in [-0.2, -0.15) is 0 Å². The van der Waals surface area contributed by atoms with E-state index in [1.54, 1.807) is 0 Å². The zero-order valence-electron chi connectivity index (χ0n) is 10.2. The minimum Gasteiger partial charge on any atom is -0.480 e. The largest absolute Gasteiger partial charge is 0.480 e. The number of carboxylic acid groups (broad SMARTS) is 1. The van der Waals surface area contributed by atoms with E-state index in [9.17, 15) is 9.59 Å². The van der Waals surface area contributed by atoms with Gasteiger partial charge in [-0.05, 0) is 32.4 Å². The van der Waals surface area contributed by atoms with Crippen LogP contribution in [0.15, 0.2) is 18.2 Å². The lowest BCUT2D eigenvalue weighted by atomic mass is 9.85. The van der Waals surface area contributed by atoms with Crippen molar-refractivity contribution in [3.63, 3.8) is 0 Å². The number of fused-ring (bicyclic) bond motifs is 1. The highest BCUT2D eigenvalue weighted by molar-refractivity contribution is 6.09. The first kappa shape index (κ1) is 11.6. The van der Waals surface area contributed by atoms with Gasteiger partial charge in [0.2, 0.25) is 5.91 Å². The Kier molecular flexibility index (Phi) is 2.45. The molecule has 4 nitrogen and oxygen atoms in total. The van der Waals surface area contributed by atoms with E-state index in [4.69, 9.17) is 5.11 Å². The van der Waals surface area contributed by atoms with Gasteiger partial charge in [-0.15, -0.1) is 0 Å².